The highest BCUT2D eigenvalue weighted by atomic mass is 127. The van der Waals surface area contributed by atoms with Crippen LogP contribution in [0.3, 0.4) is 0 Å². The molecule has 0 unspecified atom stereocenters. The first kappa shape index (κ1) is 22.4. The Hall–Kier alpha value is -0.870. The number of rotatable bonds is 5. The summed E-state index contributed by atoms with van der Waals surface area (Å²) >= 11 is 1.89. The smallest absolute Gasteiger partial charge is 0.219 e. The van der Waals surface area contributed by atoms with Gasteiger partial charge in [-0.2, -0.15) is 0 Å². The predicted octanol–water partition coefficient (Wildman–Crippen LogP) is 2.29. The molecule has 2 aliphatic rings. The Kier molecular flexibility index (Phi) is 9.31. The zero-order valence-electron chi connectivity index (χ0n) is 16.4. The van der Waals surface area contributed by atoms with Crippen molar-refractivity contribution in [1.29, 1.82) is 0 Å². The van der Waals surface area contributed by atoms with Crippen LogP contribution in [0.25, 0.3) is 0 Å². The van der Waals surface area contributed by atoms with Crippen molar-refractivity contribution in [3.05, 3.63) is 21.9 Å². The fraction of sp³-hybridized carbons (Fsp3) is 0.684. The van der Waals surface area contributed by atoms with Crippen LogP contribution in [0.4, 0.5) is 0 Å². The Bertz CT molecular complexity index is 627. The minimum atomic E-state index is 0. The van der Waals surface area contributed by atoms with E-state index in [-0.39, 0.29) is 29.9 Å². The van der Waals surface area contributed by atoms with Gasteiger partial charge < -0.3 is 15.5 Å². The van der Waals surface area contributed by atoms with Crippen molar-refractivity contribution in [1.82, 2.24) is 20.4 Å². The summed E-state index contributed by atoms with van der Waals surface area (Å²) in [5, 5.41) is 9.11. The summed E-state index contributed by atoms with van der Waals surface area (Å²) in [4.78, 5) is 22.2. The highest BCUT2D eigenvalue weighted by molar-refractivity contribution is 14.0. The van der Waals surface area contributed by atoms with Crippen LogP contribution in [0.15, 0.2) is 16.4 Å². The Labute approximate surface area is 183 Å². The second-order valence-electron chi connectivity index (χ2n) is 7.08. The number of nitrogens with zero attached hydrogens (tertiary/aromatic N) is 3. The van der Waals surface area contributed by atoms with Crippen molar-refractivity contribution in [2.75, 3.05) is 39.3 Å². The molecule has 0 spiro atoms. The quantitative estimate of drug-likeness (QED) is 0.367. The van der Waals surface area contributed by atoms with Crippen molar-refractivity contribution in [2.45, 2.75) is 45.7 Å². The molecule has 3 rings (SSSR count). The number of thiophene rings is 1. The topological polar surface area (TPSA) is 60.0 Å². The van der Waals surface area contributed by atoms with Crippen LogP contribution in [0.2, 0.25) is 0 Å². The van der Waals surface area contributed by atoms with Gasteiger partial charge in [-0.1, -0.05) is 0 Å². The molecule has 2 aliphatic heterocycles. The van der Waals surface area contributed by atoms with Crippen molar-refractivity contribution in [3.63, 3.8) is 0 Å². The molecular formula is C19H32IN5OS. The number of carbonyl (C=O) groups is 1. The van der Waals surface area contributed by atoms with E-state index in [0.29, 0.717) is 6.04 Å². The number of aliphatic imine (C=N–C) groups is 1. The summed E-state index contributed by atoms with van der Waals surface area (Å²) in [5.74, 6) is 1.08. The average molecular weight is 505 g/mol. The molecule has 0 aliphatic carbocycles. The van der Waals surface area contributed by atoms with Gasteiger partial charge in [0.1, 0.15) is 0 Å². The van der Waals surface area contributed by atoms with Crippen molar-refractivity contribution in [3.8, 4) is 0 Å². The second kappa shape index (κ2) is 11.2. The highest BCUT2D eigenvalue weighted by Gasteiger charge is 2.21. The first-order chi connectivity index (χ1) is 12.7. The number of piperidine rings is 1. The average Bonchev–Trinajstić information content (AvgIpc) is 3.10. The summed E-state index contributed by atoms with van der Waals surface area (Å²) in [7, 11) is 0. The van der Waals surface area contributed by atoms with Gasteiger partial charge in [-0.05, 0) is 43.2 Å². The van der Waals surface area contributed by atoms with Gasteiger partial charge in [-0.25, -0.2) is 0 Å². The van der Waals surface area contributed by atoms with E-state index >= 15 is 0 Å². The lowest BCUT2D eigenvalue weighted by molar-refractivity contribution is -0.129. The van der Waals surface area contributed by atoms with Gasteiger partial charge >= 0.3 is 0 Å². The van der Waals surface area contributed by atoms with Crippen LogP contribution >= 0.6 is 35.3 Å². The number of hydrogen-bond donors (Lipinski definition) is 2. The molecule has 6 nitrogen and oxygen atoms in total. The summed E-state index contributed by atoms with van der Waals surface area (Å²) in [6.45, 7) is 10.3. The fourth-order valence-electron chi connectivity index (χ4n) is 3.65. The van der Waals surface area contributed by atoms with Crippen molar-refractivity contribution in [2.24, 2.45) is 4.99 Å². The molecule has 0 bridgehead atoms. The monoisotopic (exact) mass is 505 g/mol. The van der Waals surface area contributed by atoms with Gasteiger partial charge in [0.25, 0.3) is 0 Å². The summed E-state index contributed by atoms with van der Waals surface area (Å²) in [6.07, 6.45) is 3.14. The zero-order chi connectivity index (χ0) is 18.4. The van der Waals surface area contributed by atoms with Gasteiger partial charge in [0.05, 0.1) is 6.54 Å². The number of halogens is 1. The van der Waals surface area contributed by atoms with E-state index < -0.39 is 0 Å². The van der Waals surface area contributed by atoms with Crippen molar-refractivity contribution < 1.29 is 4.79 Å². The maximum absolute atomic E-state index is 11.4. The van der Waals surface area contributed by atoms with E-state index in [2.05, 4.69) is 33.9 Å². The minimum Gasteiger partial charge on any atom is -0.357 e. The Morgan fingerprint density at radius 2 is 2.11 bits per heavy atom. The van der Waals surface area contributed by atoms with Crippen LogP contribution in [0.5, 0.6) is 0 Å². The van der Waals surface area contributed by atoms with Crippen LogP contribution < -0.4 is 10.6 Å². The van der Waals surface area contributed by atoms with Gasteiger partial charge in [0, 0.05) is 57.1 Å². The molecule has 0 aromatic carbocycles. The number of hydrogen-bond acceptors (Lipinski definition) is 4. The van der Waals surface area contributed by atoms with Gasteiger partial charge in [-0.15, -0.1) is 35.3 Å². The van der Waals surface area contributed by atoms with E-state index in [1.54, 1.807) is 11.8 Å². The molecular weight excluding hydrogens is 473 g/mol. The number of nitrogens with one attached hydrogen (secondary N) is 2. The van der Waals surface area contributed by atoms with Gasteiger partial charge in [0.15, 0.2) is 5.96 Å². The molecule has 1 aromatic heterocycles. The first-order valence-electron chi connectivity index (χ1n) is 9.73. The number of likely N-dealkylation sites (tertiary alicyclic amines) is 1. The van der Waals surface area contributed by atoms with E-state index in [0.717, 1.165) is 64.6 Å². The third-order valence-electron chi connectivity index (χ3n) is 5.20. The van der Waals surface area contributed by atoms with E-state index in [9.17, 15) is 4.79 Å². The first-order valence-corrected chi connectivity index (χ1v) is 10.6. The predicted molar refractivity (Wildman–Crippen MR) is 123 cm³/mol. The van der Waals surface area contributed by atoms with Crippen LogP contribution in [0, 0.1) is 0 Å². The Morgan fingerprint density at radius 1 is 1.33 bits per heavy atom. The lowest BCUT2D eigenvalue weighted by Gasteiger charge is -2.32. The van der Waals surface area contributed by atoms with Gasteiger partial charge in [0.2, 0.25) is 5.91 Å². The maximum atomic E-state index is 11.4. The number of amides is 1. The molecule has 1 fully saturated rings. The standard InChI is InChI=1S/C19H31N5OS.HI/c1-3-20-19(22-17-4-10-24(11-5-17)15(2)25)21-8-12-23-9-6-18-16(14-23)7-13-26-18;/h7,13,17H,3-6,8-12,14H2,1-2H3,(H2,20,21,22);1H. The largest absolute Gasteiger partial charge is 0.357 e. The molecule has 27 heavy (non-hydrogen) atoms. The van der Waals surface area contributed by atoms with Crippen LogP contribution in [-0.2, 0) is 17.8 Å². The number of fused-ring (bicyclic) bond motifs is 1. The molecule has 0 saturated carbocycles. The van der Waals surface area contributed by atoms with Gasteiger partial charge in [-0.3, -0.25) is 14.7 Å². The summed E-state index contributed by atoms with van der Waals surface area (Å²) in [6, 6.07) is 2.65. The molecule has 8 heteroatoms. The lowest BCUT2D eigenvalue weighted by atomic mass is 10.1. The van der Waals surface area contributed by atoms with Crippen LogP contribution in [-0.4, -0.2) is 67.0 Å². The Morgan fingerprint density at radius 3 is 2.81 bits per heavy atom. The second-order valence-corrected chi connectivity index (χ2v) is 8.08. The SMILES string of the molecule is CCNC(=NCCN1CCc2sccc2C1)NC1CCN(C(C)=O)CC1.I. The zero-order valence-corrected chi connectivity index (χ0v) is 19.5. The highest BCUT2D eigenvalue weighted by Crippen LogP contribution is 2.23. The number of guanidine groups is 1. The lowest BCUT2D eigenvalue weighted by Crippen LogP contribution is -2.49. The molecule has 1 aromatic rings. The molecule has 1 saturated heterocycles. The normalized spacial score (nSPS) is 18.6. The third-order valence-corrected chi connectivity index (χ3v) is 6.22. The molecule has 3 heterocycles. The summed E-state index contributed by atoms with van der Waals surface area (Å²) in [5.41, 5.74) is 1.49. The third kappa shape index (κ3) is 6.60. The van der Waals surface area contributed by atoms with Crippen molar-refractivity contribution >= 4 is 47.2 Å². The molecule has 0 radical (unpaired) electrons. The maximum Gasteiger partial charge on any atom is 0.219 e. The Balaban J connectivity index is 0.00000261. The molecule has 0 atom stereocenters. The van der Waals surface area contributed by atoms with E-state index in [1.165, 1.54) is 12.0 Å². The number of carbonyl (C=O) groups excluding carboxylic acids is 1. The van der Waals surface area contributed by atoms with Crippen LogP contribution in [0.1, 0.15) is 37.1 Å². The minimum absolute atomic E-state index is 0. The molecule has 2 N–H and O–H groups in total. The molecule has 152 valence electrons. The molecule has 1 amide bonds. The van der Waals surface area contributed by atoms with E-state index in [4.69, 9.17) is 4.99 Å². The van der Waals surface area contributed by atoms with E-state index in [1.807, 2.05) is 16.2 Å². The fourth-order valence-corrected chi connectivity index (χ4v) is 4.54. The summed E-state index contributed by atoms with van der Waals surface area (Å²) < 4.78 is 0.